The molecule has 0 bridgehead atoms. The van der Waals surface area contributed by atoms with Crippen LogP contribution in [0.3, 0.4) is 0 Å². The molecule has 3 N–H and O–H groups in total. The molecular formula is C12H16F3N5. The fraction of sp³-hybridized carbons (Fsp3) is 0.583. The number of nitrogens with one attached hydrogen (secondary N) is 1. The van der Waals surface area contributed by atoms with Crippen LogP contribution in [0.15, 0.2) is 0 Å². The molecule has 0 spiro atoms. The van der Waals surface area contributed by atoms with Crippen molar-refractivity contribution in [3.63, 3.8) is 0 Å². The van der Waals surface area contributed by atoms with Crippen LogP contribution >= 0.6 is 0 Å². The molecule has 0 saturated heterocycles. The molecule has 2 rings (SSSR count). The van der Waals surface area contributed by atoms with E-state index in [0.717, 1.165) is 4.90 Å². The van der Waals surface area contributed by atoms with Crippen molar-refractivity contribution in [2.75, 3.05) is 11.4 Å². The van der Waals surface area contributed by atoms with Crippen molar-refractivity contribution in [1.82, 2.24) is 10.2 Å². The molecule has 1 fully saturated rings. The summed E-state index contributed by atoms with van der Waals surface area (Å²) >= 11 is 0. The third kappa shape index (κ3) is 3.00. The van der Waals surface area contributed by atoms with Gasteiger partial charge in [-0.3, -0.25) is 5.41 Å². The normalized spacial score (nSPS) is 15.2. The van der Waals surface area contributed by atoms with Crippen molar-refractivity contribution in [1.29, 1.82) is 5.41 Å². The van der Waals surface area contributed by atoms with E-state index in [1.807, 2.05) is 0 Å². The van der Waals surface area contributed by atoms with Crippen molar-refractivity contribution in [3.8, 4) is 0 Å². The van der Waals surface area contributed by atoms with E-state index in [1.165, 1.54) is 0 Å². The van der Waals surface area contributed by atoms with Crippen molar-refractivity contribution in [2.24, 2.45) is 5.73 Å². The zero-order valence-corrected chi connectivity index (χ0v) is 11.3. The molecule has 0 radical (unpaired) electrons. The number of aromatic nitrogens is 2. The van der Waals surface area contributed by atoms with Crippen molar-refractivity contribution in [3.05, 3.63) is 16.8 Å². The Bertz CT molecular complexity index is 537. The molecule has 1 aliphatic carbocycles. The molecule has 110 valence electrons. The SMILES string of the molecule is Cc1nnc(N(CC(F)(F)F)C2CC2)c(C(=N)N)c1C. The maximum atomic E-state index is 12.7. The minimum Gasteiger partial charge on any atom is -0.384 e. The molecule has 1 aromatic heterocycles. The highest BCUT2D eigenvalue weighted by Crippen LogP contribution is 2.35. The van der Waals surface area contributed by atoms with E-state index in [0.29, 0.717) is 24.1 Å². The van der Waals surface area contributed by atoms with Gasteiger partial charge in [0.05, 0.1) is 11.3 Å². The highest BCUT2D eigenvalue weighted by atomic mass is 19.4. The summed E-state index contributed by atoms with van der Waals surface area (Å²) < 4.78 is 38.2. The Labute approximate surface area is 114 Å². The Hall–Kier alpha value is -1.86. The Kier molecular flexibility index (Phi) is 3.58. The summed E-state index contributed by atoms with van der Waals surface area (Å²) in [6.45, 7) is 2.27. The predicted octanol–water partition coefficient (Wildman–Crippen LogP) is 1.91. The molecule has 20 heavy (non-hydrogen) atoms. The molecule has 5 nitrogen and oxygen atoms in total. The molecule has 1 aliphatic rings. The highest BCUT2D eigenvalue weighted by molar-refractivity contribution is 6.01. The summed E-state index contributed by atoms with van der Waals surface area (Å²) in [5.41, 5.74) is 6.91. The van der Waals surface area contributed by atoms with Crippen LogP contribution in [-0.4, -0.2) is 34.8 Å². The van der Waals surface area contributed by atoms with Crippen LogP contribution < -0.4 is 10.6 Å². The van der Waals surface area contributed by atoms with Gasteiger partial charge in [-0.05, 0) is 32.3 Å². The van der Waals surface area contributed by atoms with E-state index in [1.54, 1.807) is 13.8 Å². The van der Waals surface area contributed by atoms with Gasteiger partial charge >= 0.3 is 6.18 Å². The van der Waals surface area contributed by atoms with Gasteiger partial charge in [0.15, 0.2) is 5.82 Å². The molecule has 0 aliphatic heterocycles. The fourth-order valence-electron chi connectivity index (χ4n) is 2.08. The molecular weight excluding hydrogens is 271 g/mol. The number of aryl methyl sites for hydroxylation is 1. The summed E-state index contributed by atoms with van der Waals surface area (Å²) in [5, 5.41) is 15.3. The lowest BCUT2D eigenvalue weighted by molar-refractivity contribution is -0.120. The van der Waals surface area contributed by atoms with Gasteiger partial charge in [-0.2, -0.15) is 18.3 Å². The second-order valence-electron chi connectivity index (χ2n) is 5.00. The average Bonchev–Trinajstić information content (AvgIpc) is 3.12. The van der Waals surface area contributed by atoms with Crippen LogP contribution in [0.4, 0.5) is 19.0 Å². The van der Waals surface area contributed by atoms with Gasteiger partial charge in [0.1, 0.15) is 12.4 Å². The van der Waals surface area contributed by atoms with Crippen LogP contribution in [0.5, 0.6) is 0 Å². The van der Waals surface area contributed by atoms with Crippen LogP contribution in [0.2, 0.25) is 0 Å². The lowest BCUT2D eigenvalue weighted by atomic mass is 10.1. The second kappa shape index (κ2) is 4.92. The first-order valence-corrected chi connectivity index (χ1v) is 6.22. The molecule has 0 amide bonds. The molecule has 8 heteroatoms. The standard InChI is InChI=1S/C12H16F3N5/c1-6-7(2)18-19-11(9(6)10(16)17)20(8-3-4-8)5-12(13,14)15/h8H,3-5H2,1-2H3,(H3,16,17). The number of hydrogen-bond donors (Lipinski definition) is 2. The lowest BCUT2D eigenvalue weighted by Crippen LogP contribution is -2.38. The predicted molar refractivity (Wildman–Crippen MR) is 68.9 cm³/mol. The van der Waals surface area contributed by atoms with Crippen molar-refractivity contribution in [2.45, 2.75) is 38.9 Å². The first-order valence-electron chi connectivity index (χ1n) is 6.22. The van der Waals surface area contributed by atoms with Crippen molar-refractivity contribution >= 4 is 11.7 Å². The van der Waals surface area contributed by atoms with Crippen LogP contribution in [0, 0.1) is 19.3 Å². The first-order chi connectivity index (χ1) is 9.20. The minimum atomic E-state index is -4.34. The largest absolute Gasteiger partial charge is 0.405 e. The molecule has 0 aromatic carbocycles. The highest BCUT2D eigenvalue weighted by Gasteiger charge is 2.40. The smallest absolute Gasteiger partial charge is 0.384 e. The van der Waals surface area contributed by atoms with E-state index < -0.39 is 12.7 Å². The van der Waals surface area contributed by atoms with Crippen LogP contribution in [0.25, 0.3) is 0 Å². The Morgan fingerprint density at radius 1 is 1.35 bits per heavy atom. The van der Waals surface area contributed by atoms with Gasteiger partial charge in [0.2, 0.25) is 0 Å². The maximum absolute atomic E-state index is 12.7. The number of alkyl halides is 3. The number of nitrogen functional groups attached to an aromatic ring is 1. The molecule has 1 saturated carbocycles. The summed E-state index contributed by atoms with van der Waals surface area (Å²) in [5.74, 6) is -0.233. The zero-order chi connectivity index (χ0) is 15.1. The maximum Gasteiger partial charge on any atom is 0.405 e. The van der Waals surface area contributed by atoms with Gasteiger partial charge in [0.25, 0.3) is 0 Å². The number of hydrogen-bond acceptors (Lipinski definition) is 4. The first kappa shape index (κ1) is 14.5. The summed E-state index contributed by atoms with van der Waals surface area (Å²) in [6.07, 6.45) is -2.97. The molecule has 1 aromatic rings. The Balaban J connectivity index is 2.48. The number of halogens is 3. The second-order valence-corrected chi connectivity index (χ2v) is 5.00. The van der Waals surface area contributed by atoms with Gasteiger partial charge in [-0.25, -0.2) is 0 Å². The van der Waals surface area contributed by atoms with Crippen LogP contribution in [0.1, 0.15) is 29.7 Å². The monoisotopic (exact) mass is 287 g/mol. The minimum absolute atomic E-state index is 0.0559. The lowest BCUT2D eigenvalue weighted by Gasteiger charge is -2.27. The third-order valence-electron chi connectivity index (χ3n) is 3.31. The topological polar surface area (TPSA) is 78.9 Å². The number of amidine groups is 1. The summed E-state index contributed by atoms with van der Waals surface area (Å²) in [7, 11) is 0. The quantitative estimate of drug-likeness (QED) is 0.655. The zero-order valence-electron chi connectivity index (χ0n) is 11.3. The van der Waals surface area contributed by atoms with Crippen LogP contribution in [-0.2, 0) is 0 Å². The molecule has 0 atom stereocenters. The Morgan fingerprint density at radius 2 is 1.95 bits per heavy atom. The third-order valence-corrected chi connectivity index (χ3v) is 3.31. The number of nitrogens with zero attached hydrogens (tertiary/aromatic N) is 3. The van der Waals surface area contributed by atoms with E-state index in [2.05, 4.69) is 10.2 Å². The van der Waals surface area contributed by atoms with E-state index in [4.69, 9.17) is 11.1 Å². The van der Waals surface area contributed by atoms with Gasteiger partial charge in [-0.1, -0.05) is 0 Å². The van der Waals surface area contributed by atoms with Gasteiger partial charge < -0.3 is 10.6 Å². The number of anilines is 1. The average molecular weight is 287 g/mol. The summed E-state index contributed by atoms with van der Waals surface area (Å²) in [6, 6.07) is -0.203. The molecule has 0 unspecified atom stereocenters. The van der Waals surface area contributed by atoms with Crippen molar-refractivity contribution < 1.29 is 13.2 Å². The van der Waals surface area contributed by atoms with Gasteiger partial charge in [-0.15, -0.1) is 5.10 Å². The van der Waals surface area contributed by atoms with E-state index >= 15 is 0 Å². The summed E-state index contributed by atoms with van der Waals surface area (Å²) in [4.78, 5) is 1.16. The molecule has 1 heterocycles. The number of nitrogens with two attached hydrogens (primary N) is 1. The van der Waals surface area contributed by atoms with E-state index in [-0.39, 0.29) is 23.3 Å². The number of rotatable bonds is 4. The van der Waals surface area contributed by atoms with E-state index in [9.17, 15) is 13.2 Å². The van der Waals surface area contributed by atoms with Gasteiger partial charge in [0, 0.05) is 6.04 Å². The Morgan fingerprint density at radius 3 is 2.40 bits per heavy atom. The fourth-order valence-corrected chi connectivity index (χ4v) is 2.08.